The van der Waals surface area contributed by atoms with Crippen LogP contribution in [0.4, 0.5) is 0 Å². The van der Waals surface area contributed by atoms with Crippen molar-refractivity contribution in [2.75, 3.05) is 0 Å². The molecule has 0 fully saturated rings. The molecule has 0 radical (unpaired) electrons. The molecule has 0 aromatic carbocycles. The van der Waals surface area contributed by atoms with E-state index in [9.17, 15) is 4.79 Å². The molecule has 1 aliphatic rings. The summed E-state index contributed by atoms with van der Waals surface area (Å²) in [6, 6.07) is 0.335. The van der Waals surface area contributed by atoms with E-state index < -0.39 is 0 Å². The lowest BCUT2D eigenvalue weighted by Crippen LogP contribution is -2.15. The first-order valence-electron chi connectivity index (χ1n) is 4.23. The number of aromatic nitrogens is 2. The first kappa shape index (κ1) is 7.61. The molecule has 4 heteroatoms. The third kappa shape index (κ3) is 0.914. The van der Waals surface area contributed by atoms with Gasteiger partial charge in [-0.1, -0.05) is 0 Å². The van der Waals surface area contributed by atoms with Gasteiger partial charge < -0.3 is 5.32 Å². The van der Waals surface area contributed by atoms with E-state index in [0.717, 1.165) is 17.8 Å². The first-order chi connectivity index (χ1) is 5.70. The molecule has 1 aromatic rings. The molecule has 1 aliphatic heterocycles. The Hall–Kier alpha value is -1.03. The summed E-state index contributed by atoms with van der Waals surface area (Å²) in [5.74, 6) is 0. The van der Waals surface area contributed by atoms with E-state index in [4.69, 9.17) is 0 Å². The Labute approximate surface area is 70.6 Å². The molecule has 2 rings (SSSR count). The Morgan fingerprint density at radius 3 is 2.83 bits per heavy atom. The van der Waals surface area contributed by atoms with Crippen LogP contribution >= 0.6 is 0 Å². The van der Waals surface area contributed by atoms with Crippen LogP contribution in [0.5, 0.6) is 0 Å². The summed E-state index contributed by atoms with van der Waals surface area (Å²) >= 11 is 0. The van der Waals surface area contributed by atoms with Gasteiger partial charge in [-0.05, 0) is 13.8 Å². The van der Waals surface area contributed by atoms with Crippen molar-refractivity contribution in [3.63, 3.8) is 0 Å². The number of aromatic amines is 1. The van der Waals surface area contributed by atoms with Crippen LogP contribution in [0.3, 0.4) is 0 Å². The molecular formula is C8H13N3O. The first-order valence-corrected chi connectivity index (χ1v) is 4.23. The summed E-state index contributed by atoms with van der Waals surface area (Å²) in [5.41, 5.74) is 2.09. The van der Waals surface area contributed by atoms with Gasteiger partial charge in [-0.2, -0.15) is 0 Å². The highest BCUT2D eigenvalue weighted by atomic mass is 16.1. The smallest absolute Gasteiger partial charge is 0.268 e. The van der Waals surface area contributed by atoms with Crippen molar-refractivity contribution in [1.82, 2.24) is 15.1 Å². The number of fused-ring (bicyclic) bond motifs is 1. The monoisotopic (exact) mass is 167 g/mol. The highest BCUT2D eigenvalue weighted by Gasteiger charge is 2.20. The lowest BCUT2D eigenvalue weighted by atomic mass is 10.3. The van der Waals surface area contributed by atoms with Crippen LogP contribution in [0.1, 0.15) is 31.1 Å². The van der Waals surface area contributed by atoms with E-state index in [1.54, 1.807) is 0 Å². The number of hydrogen-bond acceptors (Lipinski definition) is 2. The molecule has 0 saturated carbocycles. The van der Waals surface area contributed by atoms with Crippen molar-refractivity contribution in [1.29, 1.82) is 0 Å². The predicted molar refractivity (Wildman–Crippen MR) is 46.0 cm³/mol. The molecule has 1 aromatic heterocycles. The number of hydrogen-bond donors (Lipinski definition) is 2. The molecule has 0 atom stereocenters. The summed E-state index contributed by atoms with van der Waals surface area (Å²) in [4.78, 5) is 11.3. The van der Waals surface area contributed by atoms with Crippen LogP contribution in [0.25, 0.3) is 0 Å². The van der Waals surface area contributed by atoms with Crippen LogP contribution in [-0.2, 0) is 13.1 Å². The zero-order valence-electron chi connectivity index (χ0n) is 7.35. The second-order valence-electron chi connectivity index (χ2n) is 3.43. The molecule has 2 heterocycles. The zero-order valence-corrected chi connectivity index (χ0v) is 7.35. The maximum Gasteiger partial charge on any atom is 0.268 e. The normalized spacial score (nSPS) is 15.6. The largest absolute Gasteiger partial charge is 0.307 e. The Morgan fingerprint density at radius 1 is 1.42 bits per heavy atom. The number of H-pyrrole nitrogens is 1. The SMILES string of the molecule is CC(C)n1[nH]c(=O)c2c1CNC2. The molecule has 0 unspecified atom stereocenters. The van der Waals surface area contributed by atoms with Gasteiger partial charge in [0, 0.05) is 19.1 Å². The van der Waals surface area contributed by atoms with Crippen LogP contribution in [0.15, 0.2) is 4.79 Å². The van der Waals surface area contributed by atoms with E-state index in [2.05, 4.69) is 24.3 Å². The Morgan fingerprint density at radius 2 is 2.17 bits per heavy atom. The lowest BCUT2D eigenvalue weighted by molar-refractivity contribution is 0.501. The Bertz CT molecular complexity index is 348. The summed E-state index contributed by atoms with van der Waals surface area (Å²) in [6.45, 7) is 5.65. The molecule has 66 valence electrons. The van der Waals surface area contributed by atoms with Crippen molar-refractivity contribution in [2.45, 2.75) is 33.0 Å². The van der Waals surface area contributed by atoms with Gasteiger partial charge in [-0.3, -0.25) is 14.6 Å². The number of nitrogens with one attached hydrogen (secondary N) is 2. The molecular weight excluding hydrogens is 154 g/mol. The van der Waals surface area contributed by atoms with Crippen molar-refractivity contribution in [3.05, 3.63) is 21.6 Å². The molecule has 0 spiro atoms. The Balaban J connectivity index is 2.58. The minimum atomic E-state index is 0.0590. The summed E-state index contributed by atoms with van der Waals surface area (Å²) in [5, 5.41) is 6.00. The topological polar surface area (TPSA) is 49.8 Å². The van der Waals surface area contributed by atoms with Crippen molar-refractivity contribution >= 4 is 0 Å². The van der Waals surface area contributed by atoms with Gasteiger partial charge in [-0.15, -0.1) is 0 Å². The number of nitrogens with zero attached hydrogens (tertiary/aromatic N) is 1. The molecule has 0 aliphatic carbocycles. The molecule has 2 N–H and O–H groups in total. The zero-order chi connectivity index (χ0) is 8.72. The van der Waals surface area contributed by atoms with E-state index >= 15 is 0 Å². The van der Waals surface area contributed by atoms with Crippen LogP contribution in [-0.4, -0.2) is 9.78 Å². The minimum Gasteiger partial charge on any atom is -0.307 e. The maximum atomic E-state index is 11.3. The third-order valence-electron chi connectivity index (χ3n) is 2.25. The fraction of sp³-hybridized carbons (Fsp3) is 0.625. The fourth-order valence-corrected chi connectivity index (χ4v) is 1.64. The summed E-state index contributed by atoms with van der Waals surface area (Å²) in [7, 11) is 0. The van der Waals surface area contributed by atoms with E-state index in [0.29, 0.717) is 12.6 Å². The van der Waals surface area contributed by atoms with Gasteiger partial charge >= 0.3 is 0 Å². The van der Waals surface area contributed by atoms with Gasteiger partial charge in [0.1, 0.15) is 0 Å². The average Bonchev–Trinajstić information content (AvgIpc) is 2.53. The standard InChI is InChI=1S/C8H13N3O/c1-5(2)11-7-4-9-3-6(7)8(12)10-11/h5,9H,3-4H2,1-2H3,(H,10,12). The molecule has 0 saturated heterocycles. The summed E-state index contributed by atoms with van der Waals surface area (Å²) < 4.78 is 1.94. The maximum absolute atomic E-state index is 11.3. The quantitative estimate of drug-likeness (QED) is 0.634. The van der Waals surface area contributed by atoms with Gasteiger partial charge in [0.15, 0.2) is 0 Å². The van der Waals surface area contributed by atoms with Crippen LogP contribution in [0.2, 0.25) is 0 Å². The summed E-state index contributed by atoms with van der Waals surface area (Å²) in [6.07, 6.45) is 0. The lowest BCUT2D eigenvalue weighted by Gasteiger charge is -2.09. The van der Waals surface area contributed by atoms with Gasteiger partial charge in [-0.25, -0.2) is 0 Å². The van der Waals surface area contributed by atoms with Gasteiger partial charge in [0.25, 0.3) is 5.56 Å². The second-order valence-corrected chi connectivity index (χ2v) is 3.43. The molecule has 0 amide bonds. The van der Waals surface area contributed by atoms with E-state index in [1.165, 1.54) is 0 Å². The van der Waals surface area contributed by atoms with Crippen LogP contribution < -0.4 is 10.9 Å². The second kappa shape index (κ2) is 2.48. The van der Waals surface area contributed by atoms with Crippen molar-refractivity contribution in [3.8, 4) is 0 Å². The highest BCUT2D eigenvalue weighted by Crippen LogP contribution is 2.14. The molecule has 12 heavy (non-hydrogen) atoms. The van der Waals surface area contributed by atoms with Crippen LogP contribution in [0, 0.1) is 0 Å². The molecule has 4 nitrogen and oxygen atoms in total. The van der Waals surface area contributed by atoms with Crippen molar-refractivity contribution in [2.24, 2.45) is 0 Å². The number of rotatable bonds is 1. The van der Waals surface area contributed by atoms with Gasteiger partial charge in [0.2, 0.25) is 0 Å². The predicted octanol–water partition coefficient (Wildman–Crippen LogP) is 0.360. The highest BCUT2D eigenvalue weighted by molar-refractivity contribution is 5.22. The Kier molecular flexibility index (Phi) is 1.58. The average molecular weight is 167 g/mol. The van der Waals surface area contributed by atoms with Crippen molar-refractivity contribution < 1.29 is 0 Å². The molecule has 0 bridgehead atoms. The van der Waals surface area contributed by atoms with E-state index in [-0.39, 0.29) is 5.56 Å². The fourth-order valence-electron chi connectivity index (χ4n) is 1.64. The third-order valence-corrected chi connectivity index (χ3v) is 2.25. The van der Waals surface area contributed by atoms with Gasteiger partial charge in [0.05, 0.1) is 11.3 Å². The minimum absolute atomic E-state index is 0.0590. The van der Waals surface area contributed by atoms with E-state index in [1.807, 2.05) is 4.68 Å².